The molecule has 11 rings (SSSR count). The summed E-state index contributed by atoms with van der Waals surface area (Å²) in [4.78, 5) is 71.7. The summed E-state index contributed by atoms with van der Waals surface area (Å²) in [6, 6.07) is 16.0. The van der Waals surface area contributed by atoms with E-state index in [1.165, 1.54) is 18.4 Å². The number of hydrazine groups is 1. The van der Waals surface area contributed by atoms with Crippen LogP contribution in [-0.2, 0) is 48.0 Å². The molecule has 2 aromatic heterocycles. The van der Waals surface area contributed by atoms with E-state index in [-0.39, 0.29) is 54.2 Å². The number of carbonyl (C=O) groups excluding carboxylic acids is 4. The van der Waals surface area contributed by atoms with Crippen LogP contribution >= 0.6 is 0 Å². The topological polar surface area (TPSA) is 167 Å². The van der Waals surface area contributed by atoms with E-state index in [1.54, 1.807) is 12.1 Å². The number of pyridine rings is 1. The monoisotopic (exact) mass is 1020 g/mol. The molecule has 5 saturated heterocycles. The zero-order valence-electron chi connectivity index (χ0n) is 45.5. The lowest BCUT2D eigenvalue weighted by Gasteiger charge is -2.37. The van der Waals surface area contributed by atoms with Gasteiger partial charge in [-0.1, -0.05) is 58.0 Å². The molecule has 1 saturated carbocycles. The van der Waals surface area contributed by atoms with Gasteiger partial charge in [-0.2, -0.15) is 0 Å². The Morgan fingerprint density at radius 3 is 2.44 bits per heavy atom. The number of ether oxygens (including phenoxy) is 2. The van der Waals surface area contributed by atoms with Gasteiger partial charge in [0.15, 0.2) is 0 Å². The molecule has 2 aromatic carbocycles. The molecule has 8 heterocycles. The van der Waals surface area contributed by atoms with Gasteiger partial charge in [0.25, 0.3) is 5.91 Å². The second-order valence-electron chi connectivity index (χ2n) is 24.2. The highest BCUT2D eigenvalue weighted by Gasteiger charge is 2.49. The van der Waals surface area contributed by atoms with E-state index in [0.717, 1.165) is 128 Å². The number of hydrogen-bond donors (Lipinski definition) is 3. The third-order valence-electron chi connectivity index (χ3n) is 17.7. The van der Waals surface area contributed by atoms with E-state index in [4.69, 9.17) is 14.5 Å². The number of anilines is 1. The number of aromatic nitrogens is 2. The highest BCUT2D eigenvalue weighted by molar-refractivity contribution is 5.96. The molecule has 6 aliphatic heterocycles. The van der Waals surface area contributed by atoms with Crippen molar-refractivity contribution in [2.45, 2.75) is 136 Å². The molecule has 16 nitrogen and oxygen atoms in total. The van der Waals surface area contributed by atoms with Gasteiger partial charge < -0.3 is 34.5 Å². The lowest BCUT2D eigenvalue weighted by atomic mass is 9.84. The first-order valence-electron chi connectivity index (χ1n) is 28.2. The molecule has 4 aromatic rings. The predicted molar refractivity (Wildman–Crippen MR) is 291 cm³/mol. The maximum atomic E-state index is 14.9. The minimum atomic E-state index is -0.915. The van der Waals surface area contributed by atoms with Crippen LogP contribution in [0.2, 0.25) is 0 Å². The normalized spacial score (nSPS) is 26.5. The fourth-order valence-electron chi connectivity index (χ4n) is 13.2. The van der Waals surface area contributed by atoms with E-state index in [1.807, 2.05) is 23.2 Å². The number of carbonyl (C=O) groups is 4. The van der Waals surface area contributed by atoms with Crippen LogP contribution in [-0.4, -0.2) is 162 Å². The molecule has 6 fully saturated rings. The van der Waals surface area contributed by atoms with Crippen molar-refractivity contribution >= 4 is 40.3 Å². The number of nitrogens with zero attached hydrogens (tertiary/aromatic N) is 7. The smallest absolute Gasteiger partial charge is 0.324 e. The molecule has 6 atom stereocenters. The van der Waals surface area contributed by atoms with E-state index >= 15 is 0 Å². The molecule has 6 bridgehead atoms. The molecule has 75 heavy (non-hydrogen) atoms. The van der Waals surface area contributed by atoms with Crippen LogP contribution in [0.5, 0.6) is 0 Å². The minimum absolute atomic E-state index is 0.0325. The lowest BCUT2D eigenvalue weighted by molar-refractivity contribution is -0.155. The number of piperazine rings is 1. The van der Waals surface area contributed by atoms with Crippen molar-refractivity contribution in [2.24, 2.45) is 16.7 Å². The summed E-state index contributed by atoms with van der Waals surface area (Å²) < 4.78 is 14.8. The van der Waals surface area contributed by atoms with Gasteiger partial charge in [-0.25, -0.2) is 5.43 Å². The fraction of sp³-hybridized carbons (Fsp3) is 0.610. The first kappa shape index (κ1) is 51.7. The summed E-state index contributed by atoms with van der Waals surface area (Å²) in [5.41, 5.74) is 12.1. The van der Waals surface area contributed by atoms with E-state index in [0.29, 0.717) is 32.4 Å². The largest absolute Gasteiger partial charge is 0.464 e. The average molecular weight is 1030 g/mol. The lowest BCUT2D eigenvalue weighted by Crippen LogP contribution is -2.62. The van der Waals surface area contributed by atoms with Crippen LogP contribution in [0.3, 0.4) is 0 Å². The second-order valence-corrected chi connectivity index (χ2v) is 24.2. The summed E-state index contributed by atoms with van der Waals surface area (Å²) in [6.45, 7) is 21.7. The summed E-state index contributed by atoms with van der Waals surface area (Å²) in [5.74, 6) is -0.711. The van der Waals surface area contributed by atoms with Crippen LogP contribution in [0.4, 0.5) is 5.69 Å². The van der Waals surface area contributed by atoms with Gasteiger partial charge in [0.2, 0.25) is 11.8 Å². The van der Waals surface area contributed by atoms with Crippen molar-refractivity contribution in [2.75, 3.05) is 84.1 Å². The number of rotatable bonds is 11. The van der Waals surface area contributed by atoms with Crippen molar-refractivity contribution in [1.29, 1.82) is 0 Å². The zero-order valence-corrected chi connectivity index (χ0v) is 45.5. The number of benzene rings is 2. The first-order valence-corrected chi connectivity index (χ1v) is 28.2. The number of likely N-dealkylation sites (tertiary alicyclic amines) is 2. The van der Waals surface area contributed by atoms with Crippen LogP contribution in [0.15, 0.2) is 54.7 Å². The van der Waals surface area contributed by atoms with Crippen molar-refractivity contribution in [3.05, 3.63) is 71.5 Å². The van der Waals surface area contributed by atoms with Crippen LogP contribution in [0.25, 0.3) is 33.3 Å². The molecular weight excluding hydrogens is 945 g/mol. The Hall–Kier alpha value is -5.39. The van der Waals surface area contributed by atoms with Gasteiger partial charge in [-0.05, 0) is 112 Å². The molecule has 3 amide bonds. The summed E-state index contributed by atoms with van der Waals surface area (Å²) in [7, 11) is 1.74. The fourth-order valence-corrected chi connectivity index (χ4v) is 13.2. The zero-order chi connectivity index (χ0) is 52.3. The van der Waals surface area contributed by atoms with Gasteiger partial charge in [-0.15, -0.1) is 0 Å². The number of fused-ring (bicyclic) bond motifs is 6. The summed E-state index contributed by atoms with van der Waals surface area (Å²) >= 11 is 0. The average Bonchev–Trinajstić information content (AvgIpc) is 4.36. The van der Waals surface area contributed by atoms with Crippen molar-refractivity contribution in [3.63, 3.8) is 0 Å². The Kier molecular flexibility index (Phi) is 14.4. The minimum Gasteiger partial charge on any atom is -0.464 e. The van der Waals surface area contributed by atoms with Crippen molar-refractivity contribution in [3.8, 4) is 22.4 Å². The van der Waals surface area contributed by atoms with Gasteiger partial charge in [0.05, 0.1) is 48.1 Å². The molecule has 1 aliphatic carbocycles. The van der Waals surface area contributed by atoms with Crippen LogP contribution in [0.1, 0.15) is 103 Å². The molecular formula is C59H80N10O6. The Morgan fingerprint density at radius 1 is 0.933 bits per heavy atom. The third kappa shape index (κ3) is 10.6. The SMILES string of the molecule is CCn1c(-c2cc(N3CCN(C4CC4)CC3)cnc2[C@H](C)OC)c2c3cc(ccc31)-c1cccc(c1)C[C@H](NC(=O)[C@H](C(C)C)N1CC[C@]3(CCN(C(=O)[C@H]4CN4)C3)C1)C(=O)N1CCC[C@H](N1)C(=O)OCC(C)(C)C2. The highest BCUT2D eigenvalue weighted by atomic mass is 16.5. The van der Waals surface area contributed by atoms with Gasteiger partial charge in [-0.3, -0.25) is 39.0 Å². The van der Waals surface area contributed by atoms with Gasteiger partial charge in [0.1, 0.15) is 12.1 Å². The number of cyclic esters (lactones) is 1. The number of nitrogens with one attached hydrogen (secondary N) is 3. The Morgan fingerprint density at radius 2 is 1.71 bits per heavy atom. The third-order valence-corrected chi connectivity index (χ3v) is 17.7. The van der Waals surface area contributed by atoms with Gasteiger partial charge in [0, 0.05) is 112 Å². The number of methoxy groups -OCH3 is 1. The highest BCUT2D eigenvalue weighted by Crippen LogP contribution is 2.44. The van der Waals surface area contributed by atoms with Crippen LogP contribution < -0.4 is 21.0 Å². The van der Waals surface area contributed by atoms with Gasteiger partial charge >= 0.3 is 5.97 Å². The maximum Gasteiger partial charge on any atom is 0.324 e. The molecule has 0 radical (unpaired) electrons. The number of hydrogen-bond acceptors (Lipinski definition) is 12. The maximum absolute atomic E-state index is 14.9. The predicted octanol–water partition coefficient (Wildman–Crippen LogP) is 5.95. The molecule has 7 aliphatic rings. The van der Waals surface area contributed by atoms with E-state index in [9.17, 15) is 19.2 Å². The number of aryl methyl sites for hydroxylation is 1. The first-order chi connectivity index (χ1) is 36.1. The summed E-state index contributed by atoms with van der Waals surface area (Å²) in [6.07, 6.45) is 8.21. The molecule has 3 N–H and O–H groups in total. The van der Waals surface area contributed by atoms with Crippen molar-refractivity contribution in [1.82, 2.24) is 45.3 Å². The molecule has 402 valence electrons. The second kappa shape index (κ2) is 20.9. The van der Waals surface area contributed by atoms with Crippen LogP contribution in [0, 0.1) is 16.7 Å². The molecule has 1 spiro atoms. The number of amides is 3. The Bertz CT molecular complexity index is 2810. The summed E-state index contributed by atoms with van der Waals surface area (Å²) in [5, 5.41) is 9.12. The molecule has 0 unspecified atom stereocenters. The quantitative estimate of drug-likeness (QED) is 0.120. The van der Waals surface area contributed by atoms with Crippen molar-refractivity contribution < 1.29 is 28.7 Å². The number of esters is 1. The standard InChI is InChI=1S/C59H80N10O6/c1-8-68-50-17-14-41-29-44(50)46(53(68)45-30-43(32-61-51(45)38(4)74-7)65-25-23-64(24-26-65)42-15-16-42)31-58(5,6)36-75-57(73)47-13-10-20-69(63-47)56(72)48(28-39-11-9-12-40(41)27-39)62-54(70)52(37(2)3)66-21-18-59(34-66)19-22-67(35-59)55(71)49-33-60-49/h9,11-12,14,17,27,29-30,32,37-38,42,47-49,52,60,63H,8,10,13,15-16,18-26,28,31,33-36H2,1-7H3,(H,62,70)/t38-,47-,48-,49+,52-,59-/m0/s1. The Labute approximate surface area is 443 Å². The Balaban J connectivity index is 0.948. The van der Waals surface area contributed by atoms with E-state index in [2.05, 4.69) is 113 Å². The van der Waals surface area contributed by atoms with E-state index < -0.39 is 29.5 Å². The molecule has 16 heteroatoms.